The monoisotopic (exact) mass is 263 g/mol. The first-order valence-electron chi connectivity index (χ1n) is 3.91. The van der Waals surface area contributed by atoms with E-state index in [1.54, 1.807) is 7.11 Å². The third-order valence-electron chi connectivity index (χ3n) is 1.73. The van der Waals surface area contributed by atoms with Crippen molar-refractivity contribution >= 4 is 27.5 Å². The molecule has 4 heteroatoms. The number of hydrogen-bond acceptors (Lipinski definition) is 2. The molecule has 0 atom stereocenters. The Morgan fingerprint density at radius 3 is 2.77 bits per heavy atom. The Labute approximate surface area is 91.2 Å². The average Bonchev–Trinajstić information content (AvgIpc) is 2.10. The summed E-state index contributed by atoms with van der Waals surface area (Å²) in [7, 11) is 1.60. The second kappa shape index (κ2) is 4.84. The van der Waals surface area contributed by atoms with Crippen LogP contribution in [0.4, 0.5) is 0 Å². The molecule has 0 heterocycles. The fourth-order valence-electron chi connectivity index (χ4n) is 1.07. The maximum absolute atomic E-state index is 5.92. The molecule has 0 unspecified atom stereocenters. The Hall–Kier alpha value is -0.250. The molecule has 0 spiro atoms. The summed E-state index contributed by atoms with van der Waals surface area (Å²) in [6, 6.07) is 3.73. The van der Waals surface area contributed by atoms with Gasteiger partial charge in [0.1, 0.15) is 5.75 Å². The van der Waals surface area contributed by atoms with E-state index >= 15 is 0 Å². The largest absolute Gasteiger partial charge is 0.495 e. The number of rotatable bonds is 3. The smallest absolute Gasteiger partial charge is 0.137 e. The topological polar surface area (TPSA) is 35.2 Å². The van der Waals surface area contributed by atoms with Crippen LogP contribution in [-0.4, -0.2) is 13.7 Å². The number of halogens is 2. The predicted molar refractivity (Wildman–Crippen MR) is 58.5 cm³/mol. The minimum Gasteiger partial charge on any atom is -0.495 e. The molecule has 72 valence electrons. The maximum Gasteiger partial charge on any atom is 0.137 e. The van der Waals surface area contributed by atoms with Crippen molar-refractivity contribution in [3.63, 3.8) is 0 Å². The predicted octanol–water partition coefficient (Wildman–Crippen LogP) is 2.61. The van der Waals surface area contributed by atoms with Gasteiger partial charge in [-0.05, 0) is 30.7 Å². The zero-order valence-electron chi connectivity index (χ0n) is 7.31. The van der Waals surface area contributed by atoms with Gasteiger partial charge in [-0.15, -0.1) is 0 Å². The molecule has 2 N–H and O–H groups in total. The van der Waals surface area contributed by atoms with E-state index in [2.05, 4.69) is 15.9 Å². The Balaban J connectivity index is 3.06. The van der Waals surface area contributed by atoms with Gasteiger partial charge >= 0.3 is 0 Å². The van der Waals surface area contributed by atoms with Crippen LogP contribution in [0, 0.1) is 0 Å². The van der Waals surface area contributed by atoms with Gasteiger partial charge in [0.15, 0.2) is 0 Å². The Morgan fingerprint density at radius 2 is 2.23 bits per heavy atom. The number of benzene rings is 1. The Kier molecular flexibility index (Phi) is 4.03. The fraction of sp³-hybridized carbons (Fsp3) is 0.333. The highest BCUT2D eigenvalue weighted by Crippen LogP contribution is 2.31. The molecule has 2 nitrogen and oxygen atoms in total. The molecule has 0 saturated heterocycles. The Morgan fingerprint density at radius 1 is 1.54 bits per heavy atom. The molecule has 13 heavy (non-hydrogen) atoms. The van der Waals surface area contributed by atoms with Crippen molar-refractivity contribution in [3.8, 4) is 5.75 Å². The number of ether oxygens (including phenoxy) is 1. The van der Waals surface area contributed by atoms with E-state index in [-0.39, 0.29) is 0 Å². The molecule has 0 aromatic heterocycles. The van der Waals surface area contributed by atoms with Crippen molar-refractivity contribution in [3.05, 3.63) is 27.2 Å². The van der Waals surface area contributed by atoms with E-state index in [0.29, 0.717) is 17.3 Å². The van der Waals surface area contributed by atoms with Gasteiger partial charge in [0, 0.05) is 4.47 Å². The van der Waals surface area contributed by atoms with Crippen LogP contribution in [0.25, 0.3) is 0 Å². The van der Waals surface area contributed by atoms with Crippen LogP contribution < -0.4 is 10.5 Å². The molecule has 0 aliphatic heterocycles. The second-order valence-electron chi connectivity index (χ2n) is 2.62. The summed E-state index contributed by atoms with van der Waals surface area (Å²) in [4.78, 5) is 0. The minimum atomic E-state index is 0.607. The van der Waals surface area contributed by atoms with Crippen LogP contribution in [0.1, 0.15) is 5.56 Å². The molecule has 1 aromatic carbocycles. The molecule has 0 aliphatic rings. The highest BCUT2D eigenvalue weighted by molar-refractivity contribution is 9.10. The number of hydrogen-bond donors (Lipinski definition) is 1. The zero-order chi connectivity index (χ0) is 9.84. The van der Waals surface area contributed by atoms with E-state index in [9.17, 15) is 0 Å². The van der Waals surface area contributed by atoms with Crippen molar-refractivity contribution < 1.29 is 4.74 Å². The molecule has 1 rings (SSSR count). The normalized spacial score (nSPS) is 10.2. The van der Waals surface area contributed by atoms with Gasteiger partial charge < -0.3 is 10.5 Å². The maximum atomic E-state index is 5.92. The van der Waals surface area contributed by atoms with Gasteiger partial charge in [-0.1, -0.05) is 27.5 Å². The molecule has 0 radical (unpaired) electrons. The molecule has 1 aromatic rings. The zero-order valence-corrected chi connectivity index (χ0v) is 9.65. The lowest BCUT2D eigenvalue weighted by atomic mass is 10.1. The van der Waals surface area contributed by atoms with Crippen molar-refractivity contribution in [1.29, 1.82) is 0 Å². The van der Waals surface area contributed by atoms with Crippen LogP contribution in [0.15, 0.2) is 16.6 Å². The SMILES string of the molecule is COc1cc(CCN)c(Br)cc1Cl. The van der Waals surface area contributed by atoms with E-state index < -0.39 is 0 Å². The molecular weight excluding hydrogens is 253 g/mol. The van der Waals surface area contributed by atoms with Crippen LogP contribution in [-0.2, 0) is 6.42 Å². The first-order chi connectivity index (χ1) is 6.19. The molecular formula is C9H11BrClNO. The summed E-state index contributed by atoms with van der Waals surface area (Å²) in [5, 5.41) is 0.607. The van der Waals surface area contributed by atoms with Gasteiger partial charge in [-0.2, -0.15) is 0 Å². The molecule has 0 amide bonds. The van der Waals surface area contributed by atoms with E-state index in [1.165, 1.54) is 0 Å². The lowest BCUT2D eigenvalue weighted by Gasteiger charge is -2.08. The highest BCUT2D eigenvalue weighted by Gasteiger charge is 2.06. The fourth-order valence-corrected chi connectivity index (χ4v) is 1.99. The van der Waals surface area contributed by atoms with Crippen LogP contribution in [0.5, 0.6) is 5.75 Å². The molecule has 0 fully saturated rings. The van der Waals surface area contributed by atoms with Crippen molar-refractivity contribution in [2.75, 3.05) is 13.7 Å². The molecule has 0 aliphatic carbocycles. The third kappa shape index (κ3) is 2.59. The van der Waals surface area contributed by atoms with E-state index in [1.807, 2.05) is 12.1 Å². The lowest BCUT2D eigenvalue weighted by molar-refractivity contribution is 0.414. The number of methoxy groups -OCH3 is 1. The summed E-state index contributed by atoms with van der Waals surface area (Å²) >= 11 is 9.33. The van der Waals surface area contributed by atoms with Gasteiger partial charge in [-0.3, -0.25) is 0 Å². The van der Waals surface area contributed by atoms with Gasteiger partial charge in [0.2, 0.25) is 0 Å². The summed E-state index contributed by atoms with van der Waals surface area (Å²) < 4.78 is 6.07. The minimum absolute atomic E-state index is 0.607. The molecule has 0 bridgehead atoms. The van der Waals surface area contributed by atoms with Gasteiger partial charge in [0.25, 0.3) is 0 Å². The third-order valence-corrected chi connectivity index (χ3v) is 2.77. The van der Waals surface area contributed by atoms with Crippen molar-refractivity contribution in [2.24, 2.45) is 5.73 Å². The summed E-state index contributed by atoms with van der Waals surface area (Å²) in [6.07, 6.45) is 0.814. The lowest BCUT2D eigenvalue weighted by Crippen LogP contribution is -2.03. The van der Waals surface area contributed by atoms with E-state index in [0.717, 1.165) is 16.5 Å². The summed E-state index contributed by atoms with van der Waals surface area (Å²) in [5.41, 5.74) is 6.58. The van der Waals surface area contributed by atoms with Crippen molar-refractivity contribution in [1.82, 2.24) is 0 Å². The van der Waals surface area contributed by atoms with Gasteiger partial charge in [0.05, 0.1) is 12.1 Å². The second-order valence-corrected chi connectivity index (χ2v) is 3.88. The quantitative estimate of drug-likeness (QED) is 0.911. The average molecular weight is 265 g/mol. The van der Waals surface area contributed by atoms with Crippen LogP contribution >= 0.6 is 27.5 Å². The molecule has 0 saturated carbocycles. The number of nitrogens with two attached hydrogens (primary N) is 1. The van der Waals surface area contributed by atoms with Gasteiger partial charge in [-0.25, -0.2) is 0 Å². The van der Waals surface area contributed by atoms with Crippen LogP contribution in [0.2, 0.25) is 5.02 Å². The first-order valence-corrected chi connectivity index (χ1v) is 5.08. The highest BCUT2D eigenvalue weighted by atomic mass is 79.9. The summed E-state index contributed by atoms with van der Waals surface area (Å²) in [5.74, 6) is 0.688. The summed E-state index contributed by atoms with van der Waals surface area (Å²) in [6.45, 7) is 0.614. The first kappa shape index (κ1) is 10.8. The van der Waals surface area contributed by atoms with Crippen LogP contribution in [0.3, 0.4) is 0 Å². The van der Waals surface area contributed by atoms with E-state index in [4.69, 9.17) is 22.1 Å². The Bertz CT molecular complexity index is 304. The standard InChI is InChI=1S/C9H11BrClNO/c1-13-9-4-6(2-3-12)7(10)5-8(9)11/h4-5H,2-3,12H2,1H3. The van der Waals surface area contributed by atoms with Crippen molar-refractivity contribution in [2.45, 2.75) is 6.42 Å².